The molecule has 0 unspecified atom stereocenters. The van der Waals surface area contributed by atoms with E-state index in [4.69, 9.17) is 9.47 Å². The Morgan fingerprint density at radius 3 is 2.56 bits per heavy atom. The van der Waals surface area contributed by atoms with Gasteiger partial charge in [0.2, 0.25) is 6.79 Å². The quantitative estimate of drug-likeness (QED) is 0.367. The zero-order chi connectivity index (χ0) is 24.8. The zero-order valence-corrected chi connectivity index (χ0v) is 20.4. The molecule has 2 amide bonds. The summed E-state index contributed by atoms with van der Waals surface area (Å²) < 4.78 is 13.7. The van der Waals surface area contributed by atoms with Crippen molar-refractivity contribution in [2.45, 2.75) is 26.8 Å². The lowest BCUT2D eigenvalue weighted by atomic mass is 9.95. The van der Waals surface area contributed by atoms with Gasteiger partial charge in [-0.1, -0.05) is 32.0 Å². The summed E-state index contributed by atoms with van der Waals surface area (Å²) >= 11 is 0. The van der Waals surface area contributed by atoms with Crippen LogP contribution >= 0.6 is 0 Å². The molecule has 2 N–H and O–H groups in total. The molecule has 0 spiro atoms. The van der Waals surface area contributed by atoms with Gasteiger partial charge in [-0.3, -0.25) is 14.9 Å². The number of carbonyl (C=O) groups is 2. The van der Waals surface area contributed by atoms with Crippen LogP contribution in [0.5, 0.6) is 11.5 Å². The van der Waals surface area contributed by atoms with Crippen LogP contribution < -0.4 is 14.8 Å². The molecule has 0 radical (unpaired) electrons. The number of hydrogen-bond acceptors (Lipinski definition) is 5. The predicted molar refractivity (Wildman–Crippen MR) is 139 cm³/mol. The summed E-state index contributed by atoms with van der Waals surface area (Å²) in [6, 6.07) is 11.7. The Kier molecular flexibility index (Phi) is 5.53. The molecule has 6 rings (SSSR count). The Labute approximate surface area is 208 Å². The van der Waals surface area contributed by atoms with Crippen molar-refractivity contribution in [2.24, 2.45) is 0 Å². The first-order chi connectivity index (χ1) is 17.6. The molecule has 0 bridgehead atoms. The van der Waals surface area contributed by atoms with Crippen LogP contribution in [-0.4, -0.2) is 52.7 Å². The average Bonchev–Trinajstić information content (AvgIpc) is 3.65. The third kappa shape index (κ3) is 3.48. The van der Waals surface area contributed by atoms with Crippen molar-refractivity contribution in [2.75, 3.05) is 26.4 Å². The number of fused-ring (bicyclic) bond motifs is 4. The smallest absolute Gasteiger partial charge is 0.259 e. The summed E-state index contributed by atoms with van der Waals surface area (Å²) in [7, 11) is 0. The first-order valence-electron chi connectivity index (χ1n) is 12.4. The minimum Gasteiger partial charge on any atom is -0.454 e. The van der Waals surface area contributed by atoms with Gasteiger partial charge in [0.05, 0.1) is 22.0 Å². The van der Waals surface area contributed by atoms with Crippen LogP contribution in [0, 0.1) is 0 Å². The highest BCUT2D eigenvalue weighted by Gasteiger charge is 2.36. The van der Waals surface area contributed by atoms with Crippen LogP contribution in [0.1, 0.15) is 31.4 Å². The Balaban J connectivity index is 1.54. The molecule has 0 atom stereocenters. The first-order valence-corrected chi connectivity index (χ1v) is 12.4. The third-order valence-corrected chi connectivity index (χ3v) is 7.21. The highest BCUT2D eigenvalue weighted by Crippen LogP contribution is 2.46. The van der Waals surface area contributed by atoms with E-state index < -0.39 is 11.8 Å². The standard InChI is InChI=1S/C28H28N4O4/c1-3-31(4-2)12-7-13-32-15-19(23-21(32)10-11-22-26(23)36-16-35-22)25-24(27(33)30-28(25)34)18-14-29-20-9-6-5-8-17(18)20/h5-6,8-11,14-15,29H,3-4,7,12-13,16H2,1-2H3,(H,30,33,34). The van der Waals surface area contributed by atoms with E-state index in [0.29, 0.717) is 33.8 Å². The van der Waals surface area contributed by atoms with E-state index in [0.717, 1.165) is 54.4 Å². The number of ether oxygens (including phenoxy) is 2. The van der Waals surface area contributed by atoms with Crippen molar-refractivity contribution in [1.82, 2.24) is 19.8 Å². The number of aromatic nitrogens is 2. The molecular formula is C28H28N4O4. The normalized spacial score (nSPS) is 15.2. The van der Waals surface area contributed by atoms with Crippen molar-refractivity contribution >= 4 is 44.8 Å². The fourth-order valence-corrected chi connectivity index (χ4v) is 5.38. The Morgan fingerprint density at radius 1 is 0.972 bits per heavy atom. The summed E-state index contributed by atoms with van der Waals surface area (Å²) in [5.74, 6) is 0.456. The van der Waals surface area contributed by atoms with Gasteiger partial charge in [-0.05, 0) is 44.3 Å². The lowest BCUT2D eigenvalue weighted by Gasteiger charge is -2.18. The fourth-order valence-electron chi connectivity index (χ4n) is 5.38. The lowest BCUT2D eigenvalue weighted by Crippen LogP contribution is -2.24. The van der Waals surface area contributed by atoms with Crippen molar-refractivity contribution in [1.29, 1.82) is 0 Å². The monoisotopic (exact) mass is 484 g/mol. The van der Waals surface area contributed by atoms with Crippen molar-refractivity contribution < 1.29 is 19.1 Å². The maximum atomic E-state index is 13.3. The summed E-state index contributed by atoms with van der Waals surface area (Å²) in [6.45, 7) is 8.24. The summed E-state index contributed by atoms with van der Waals surface area (Å²) in [6.07, 6.45) is 4.74. The van der Waals surface area contributed by atoms with E-state index in [-0.39, 0.29) is 6.79 Å². The maximum absolute atomic E-state index is 13.3. The lowest BCUT2D eigenvalue weighted by molar-refractivity contribution is -0.122. The van der Waals surface area contributed by atoms with Crippen molar-refractivity contribution in [3.05, 3.63) is 59.9 Å². The van der Waals surface area contributed by atoms with Gasteiger partial charge in [-0.25, -0.2) is 0 Å². The molecule has 2 aliphatic heterocycles. The number of para-hydroxylation sites is 1. The van der Waals surface area contributed by atoms with Gasteiger partial charge in [0.15, 0.2) is 11.5 Å². The van der Waals surface area contributed by atoms with E-state index in [2.05, 4.69) is 33.6 Å². The van der Waals surface area contributed by atoms with Crippen molar-refractivity contribution in [3.8, 4) is 11.5 Å². The number of hydrogen-bond donors (Lipinski definition) is 2. The van der Waals surface area contributed by atoms with Crippen LogP contribution in [0.2, 0.25) is 0 Å². The summed E-state index contributed by atoms with van der Waals surface area (Å²) in [5.41, 5.74) is 3.97. The first kappa shape index (κ1) is 22.4. The number of aryl methyl sites for hydroxylation is 1. The van der Waals surface area contributed by atoms with E-state index >= 15 is 0 Å². The molecule has 0 saturated carbocycles. The number of H-pyrrole nitrogens is 1. The molecule has 4 heterocycles. The predicted octanol–water partition coefficient (Wildman–Crippen LogP) is 4.15. The van der Waals surface area contributed by atoms with Crippen LogP contribution in [-0.2, 0) is 16.1 Å². The van der Waals surface area contributed by atoms with Gasteiger partial charge in [0, 0.05) is 41.0 Å². The Hall–Kier alpha value is -4.04. The Bertz CT molecular complexity index is 1540. The van der Waals surface area contributed by atoms with Crippen molar-refractivity contribution in [3.63, 3.8) is 0 Å². The van der Waals surface area contributed by atoms with Crippen LogP contribution in [0.3, 0.4) is 0 Å². The molecule has 0 aliphatic carbocycles. The van der Waals surface area contributed by atoms with Crippen LogP contribution in [0.4, 0.5) is 0 Å². The molecule has 2 aromatic carbocycles. The number of nitrogens with zero attached hydrogens (tertiary/aromatic N) is 2. The van der Waals surface area contributed by atoms with Gasteiger partial charge >= 0.3 is 0 Å². The largest absolute Gasteiger partial charge is 0.454 e. The zero-order valence-electron chi connectivity index (χ0n) is 20.4. The second-order valence-corrected chi connectivity index (χ2v) is 9.09. The van der Waals surface area contributed by atoms with E-state index in [1.54, 1.807) is 6.20 Å². The molecular weight excluding hydrogens is 456 g/mol. The summed E-state index contributed by atoms with van der Waals surface area (Å²) in [5, 5.41) is 4.22. The van der Waals surface area contributed by atoms with E-state index in [9.17, 15) is 9.59 Å². The molecule has 4 aromatic rings. The topological polar surface area (TPSA) is 88.6 Å². The molecule has 8 heteroatoms. The highest BCUT2D eigenvalue weighted by atomic mass is 16.7. The van der Waals surface area contributed by atoms with Gasteiger partial charge in [0.25, 0.3) is 11.8 Å². The number of amides is 2. The summed E-state index contributed by atoms with van der Waals surface area (Å²) in [4.78, 5) is 32.0. The molecule has 0 saturated heterocycles. The number of benzene rings is 2. The van der Waals surface area contributed by atoms with Gasteiger partial charge in [0.1, 0.15) is 0 Å². The van der Waals surface area contributed by atoms with Gasteiger partial charge in [-0.2, -0.15) is 0 Å². The number of nitrogens with one attached hydrogen (secondary N) is 2. The molecule has 2 aliphatic rings. The number of carbonyl (C=O) groups excluding carboxylic acids is 2. The highest BCUT2D eigenvalue weighted by molar-refractivity contribution is 6.51. The molecule has 2 aromatic heterocycles. The Morgan fingerprint density at radius 2 is 1.75 bits per heavy atom. The minimum absolute atomic E-state index is 0.126. The molecule has 36 heavy (non-hydrogen) atoms. The minimum atomic E-state index is -0.404. The van der Waals surface area contributed by atoms with E-state index in [1.807, 2.05) is 42.6 Å². The van der Waals surface area contributed by atoms with E-state index in [1.165, 1.54) is 0 Å². The number of aromatic amines is 1. The molecule has 8 nitrogen and oxygen atoms in total. The maximum Gasteiger partial charge on any atom is 0.259 e. The number of rotatable bonds is 8. The third-order valence-electron chi connectivity index (χ3n) is 7.21. The van der Waals surface area contributed by atoms with Gasteiger partial charge < -0.3 is 23.9 Å². The van der Waals surface area contributed by atoms with Gasteiger partial charge in [-0.15, -0.1) is 0 Å². The fraction of sp³-hybridized carbons (Fsp3) is 0.286. The molecule has 0 fully saturated rings. The SMILES string of the molecule is CCN(CC)CCCn1cc(C2=C(c3c[nH]c4ccccc34)C(=O)NC2=O)c2c3c(ccc21)OCO3. The number of imide groups is 1. The van der Waals surface area contributed by atoms with Crippen LogP contribution in [0.15, 0.2) is 48.8 Å². The molecule has 184 valence electrons. The second-order valence-electron chi connectivity index (χ2n) is 9.09. The average molecular weight is 485 g/mol. The van der Waals surface area contributed by atoms with Crippen LogP contribution in [0.25, 0.3) is 33.0 Å². The second kappa shape index (κ2) is 8.87.